The summed E-state index contributed by atoms with van der Waals surface area (Å²) < 4.78 is 0.257. The number of hydrogen-bond donors (Lipinski definition) is 0. The molecule has 2 aromatic rings. The lowest BCUT2D eigenvalue weighted by molar-refractivity contribution is 0.660. The number of fused-ring (bicyclic) bond motifs is 3. The molecule has 0 saturated heterocycles. The van der Waals surface area contributed by atoms with Gasteiger partial charge in [-0.25, -0.2) is 0 Å². The van der Waals surface area contributed by atoms with Crippen molar-refractivity contribution in [3.8, 4) is 11.1 Å². The molecule has 0 N–H and O–H groups in total. The lowest BCUT2D eigenvalue weighted by atomic mass is 9.81. The first-order chi connectivity index (χ1) is 10.9. The van der Waals surface area contributed by atoms with Crippen LogP contribution in [-0.4, -0.2) is 3.42 Å². The summed E-state index contributed by atoms with van der Waals surface area (Å²) in [6.45, 7) is 6.96. The summed E-state index contributed by atoms with van der Waals surface area (Å²) >= 11 is 2.52. The Hall–Kier alpha value is -1.35. The third kappa shape index (κ3) is 2.40. The highest BCUT2D eigenvalue weighted by molar-refractivity contribution is 14.1. The van der Waals surface area contributed by atoms with Gasteiger partial charge in [0.25, 0.3) is 0 Å². The fourth-order valence-electron chi connectivity index (χ4n) is 3.81. The first-order valence-electron chi connectivity index (χ1n) is 8.22. The molecule has 2 aliphatic rings. The van der Waals surface area contributed by atoms with Gasteiger partial charge >= 0.3 is 0 Å². The zero-order chi connectivity index (χ0) is 16.2. The Balaban J connectivity index is 1.81. The van der Waals surface area contributed by atoms with E-state index in [1.807, 2.05) is 0 Å². The van der Waals surface area contributed by atoms with Gasteiger partial charge < -0.3 is 0 Å². The van der Waals surface area contributed by atoms with Crippen LogP contribution >= 0.6 is 22.6 Å². The van der Waals surface area contributed by atoms with Gasteiger partial charge in [-0.1, -0.05) is 91.1 Å². The summed E-state index contributed by atoms with van der Waals surface area (Å²) in [5.41, 5.74) is 8.47. The van der Waals surface area contributed by atoms with E-state index in [1.54, 1.807) is 0 Å². The molecule has 1 heteroatoms. The molecule has 1 atom stereocenters. The van der Waals surface area contributed by atoms with Crippen molar-refractivity contribution in [2.24, 2.45) is 0 Å². The molecular weight excluding hydrogens is 391 g/mol. The van der Waals surface area contributed by atoms with E-state index in [2.05, 4.69) is 104 Å². The molecule has 0 aliphatic heterocycles. The van der Waals surface area contributed by atoms with Gasteiger partial charge in [-0.3, -0.25) is 0 Å². The van der Waals surface area contributed by atoms with Crippen molar-refractivity contribution in [3.05, 3.63) is 77.4 Å². The monoisotopic (exact) mass is 412 g/mol. The first kappa shape index (κ1) is 15.2. The van der Waals surface area contributed by atoms with E-state index in [0.717, 1.165) is 6.42 Å². The van der Waals surface area contributed by atoms with Crippen LogP contribution in [-0.2, 0) is 5.41 Å². The van der Waals surface area contributed by atoms with Gasteiger partial charge in [0.1, 0.15) is 0 Å². The second-order valence-corrected chi connectivity index (χ2v) is 9.87. The SMILES string of the molecule is CC1(C)c2ccccc2-c2ccc(C3=CC[C@](C)(I)C=C3)cc21. The lowest BCUT2D eigenvalue weighted by Crippen LogP contribution is -2.15. The van der Waals surface area contributed by atoms with Crippen molar-refractivity contribution in [1.82, 2.24) is 0 Å². The van der Waals surface area contributed by atoms with Gasteiger partial charge in [-0.2, -0.15) is 0 Å². The molecule has 2 aromatic carbocycles. The molecule has 0 aromatic heterocycles. The smallest absolute Gasteiger partial charge is 0.0410 e. The Kier molecular flexibility index (Phi) is 3.35. The molecule has 0 saturated carbocycles. The van der Waals surface area contributed by atoms with Crippen LogP contribution in [0.3, 0.4) is 0 Å². The Labute approximate surface area is 152 Å². The van der Waals surface area contributed by atoms with E-state index in [0.29, 0.717) is 0 Å². The topological polar surface area (TPSA) is 0 Å². The van der Waals surface area contributed by atoms with Crippen molar-refractivity contribution in [2.45, 2.75) is 36.0 Å². The van der Waals surface area contributed by atoms with E-state index in [1.165, 1.54) is 33.4 Å². The molecule has 0 amide bonds. The third-order valence-electron chi connectivity index (χ3n) is 5.25. The second-order valence-electron chi connectivity index (χ2n) is 7.41. The summed E-state index contributed by atoms with van der Waals surface area (Å²) in [5.74, 6) is 0. The number of halogens is 1. The van der Waals surface area contributed by atoms with Crippen LogP contribution in [0.25, 0.3) is 16.7 Å². The lowest BCUT2D eigenvalue weighted by Gasteiger charge is -2.23. The molecule has 0 heterocycles. The largest absolute Gasteiger partial charge is 0.0750 e. The van der Waals surface area contributed by atoms with E-state index in [9.17, 15) is 0 Å². The second kappa shape index (κ2) is 5.07. The summed E-state index contributed by atoms with van der Waals surface area (Å²) in [7, 11) is 0. The van der Waals surface area contributed by atoms with Crippen LogP contribution in [0.4, 0.5) is 0 Å². The van der Waals surface area contributed by atoms with E-state index in [-0.39, 0.29) is 8.84 Å². The van der Waals surface area contributed by atoms with E-state index >= 15 is 0 Å². The maximum Gasteiger partial charge on any atom is 0.0410 e. The van der Waals surface area contributed by atoms with Crippen LogP contribution in [0, 0.1) is 0 Å². The number of benzene rings is 2. The molecule has 0 nitrogen and oxygen atoms in total. The minimum absolute atomic E-state index is 0.0820. The highest BCUT2D eigenvalue weighted by Gasteiger charge is 2.35. The Morgan fingerprint density at radius 1 is 0.913 bits per heavy atom. The van der Waals surface area contributed by atoms with Gasteiger partial charge in [-0.15, -0.1) is 0 Å². The predicted octanol–water partition coefficient (Wildman–Crippen LogP) is 6.53. The average molecular weight is 412 g/mol. The minimum Gasteiger partial charge on any atom is -0.0750 e. The maximum absolute atomic E-state index is 2.52. The Morgan fingerprint density at radius 2 is 1.65 bits per heavy atom. The highest BCUT2D eigenvalue weighted by Crippen LogP contribution is 2.49. The number of allylic oxidation sites excluding steroid dienone is 4. The zero-order valence-electron chi connectivity index (χ0n) is 13.9. The van der Waals surface area contributed by atoms with Crippen LogP contribution in [0.1, 0.15) is 43.9 Å². The Bertz CT molecular complexity index is 850. The number of hydrogen-bond acceptors (Lipinski definition) is 0. The van der Waals surface area contributed by atoms with Gasteiger partial charge in [0.2, 0.25) is 0 Å². The van der Waals surface area contributed by atoms with Gasteiger partial charge in [-0.05, 0) is 52.8 Å². The molecule has 0 fully saturated rings. The molecule has 0 bridgehead atoms. The molecule has 2 aliphatic carbocycles. The van der Waals surface area contributed by atoms with Crippen molar-refractivity contribution >= 4 is 28.2 Å². The van der Waals surface area contributed by atoms with Crippen LogP contribution in [0.2, 0.25) is 0 Å². The quantitative estimate of drug-likeness (QED) is 0.369. The molecule has 4 rings (SSSR count). The standard InChI is InChI=1S/C22H21I/c1-21(2)19-7-5-4-6-17(19)18-9-8-16(14-20(18)21)15-10-12-22(3,23)13-11-15/h4-12,14H,13H2,1-3H3/t22-/m1/s1. The van der Waals surface area contributed by atoms with Gasteiger partial charge in [0.05, 0.1) is 0 Å². The number of alkyl halides is 1. The van der Waals surface area contributed by atoms with E-state index in [4.69, 9.17) is 0 Å². The minimum atomic E-state index is 0.0820. The summed E-state index contributed by atoms with van der Waals surface area (Å²) in [6.07, 6.45) is 8.09. The van der Waals surface area contributed by atoms with Crippen LogP contribution < -0.4 is 0 Å². The highest BCUT2D eigenvalue weighted by atomic mass is 127. The molecule has 0 unspecified atom stereocenters. The van der Waals surface area contributed by atoms with Crippen molar-refractivity contribution in [3.63, 3.8) is 0 Å². The molecule has 116 valence electrons. The Morgan fingerprint density at radius 3 is 2.39 bits per heavy atom. The maximum atomic E-state index is 2.52. The van der Waals surface area contributed by atoms with Gasteiger partial charge in [0.15, 0.2) is 0 Å². The fourth-order valence-corrected chi connectivity index (χ4v) is 4.21. The van der Waals surface area contributed by atoms with Gasteiger partial charge in [0, 0.05) is 8.84 Å². The summed E-state index contributed by atoms with van der Waals surface area (Å²) in [4.78, 5) is 0. The van der Waals surface area contributed by atoms with Crippen molar-refractivity contribution < 1.29 is 0 Å². The third-order valence-corrected chi connectivity index (χ3v) is 6.05. The average Bonchev–Trinajstić information content (AvgIpc) is 2.76. The first-order valence-corrected chi connectivity index (χ1v) is 9.29. The van der Waals surface area contributed by atoms with Crippen LogP contribution in [0.15, 0.2) is 60.7 Å². The van der Waals surface area contributed by atoms with Crippen molar-refractivity contribution in [2.75, 3.05) is 0 Å². The molecular formula is C22H21I. The molecule has 23 heavy (non-hydrogen) atoms. The normalized spacial score (nSPS) is 24.1. The van der Waals surface area contributed by atoms with E-state index < -0.39 is 0 Å². The number of rotatable bonds is 1. The fraction of sp³-hybridized carbons (Fsp3) is 0.273. The molecule has 0 radical (unpaired) electrons. The summed E-state index contributed by atoms with van der Waals surface area (Å²) in [6, 6.07) is 15.8. The molecule has 0 spiro atoms. The van der Waals surface area contributed by atoms with Crippen LogP contribution in [0.5, 0.6) is 0 Å². The van der Waals surface area contributed by atoms with Crippen molar-refractivity contribution in [1.29, 1.82) is 0 Å². The predicted molar refractivity (Wildman–Crippen MR) is 108 cm³/mol. The zero-order valence-corrected chi connectivity index (χ0v) is 16.0. The summed E-state index contributed by atoms with van der Waals surface area (Å²) in [5, 5.41) is 0.